The number of carbonyl (C=O) groups excluding carboxylic acids is 4. The van der Waals surface area contributed by atoms with Crippen molar-refractivity contribution in [3.8, 4) is 0 Å². The zero-order chi connectivity index (χ0) is 38.3. The lowest BCUT2D eigenvalue weighted by Crippen LogP contribution is -2.58. The van der Waals surface area contributed by atoms with Crippen LogP contribution in [-0.4, -0.2) is 100 Å². The molecule has 1 spiro atoms. The third kappa shape index (κ3) is 8.01. The van der Waals surface area contributed by atoms with Gasteiger partial charge in [0.05, 0.1) is 43.2 Å². The molecule has 3 aliphatic heterocycles. The number of halogens is 1. The van der Waals surface area contributed by atoms with E-state index in [1.54, 1.807) is 29.2 Å². The first-order valence-corrected chi connectivity index (χ1v) is 19.4. The molecule has 3 amide bonds. The van der Waals surface area contributed by atoms with Gasteiger partial charge in [-0.05, 0) is 37.3 Å². The van der Waals surface area contributed by atoms with Crippen molar-refractivity contribution in [2.75, 3.05) is 26.9 Å². The second kappa shape index (κ2) is 18.0. The Morgan fingerprint density at radius 2 is 1.77 bits per heavy atom. The molecule has 3 heterocycles. The second-order valence-corrected chi connectivity index (χ2v) is 15.3. The molecular weight excluding hydrogens is 742 g/mol. The molecule has 11 nitrogen and oxygen atoms in total. The highest BCUT2D eigenvalue weighted by atomic mass is 79.9. The number of amides is 3. The fourth-order valence-electron chi connectivity index (χ4n) is 8.46. The van der Waals surface area contributed by atoms with Crippen LogP contribution in [-0.2, 0) is 33.4 Å². The lowest BCUT2D eigenvalue weighted by atomic mass is 9.70. The van der Waals surface area contributed by atoms with Crippen molar-refractivity contribution in [1.82, 2.24) is 15.1 Å². The minimum Gasteiger partial charge on any atom is -0.455 e. The van der Waals surface area contributed by atoms with Crippen LogP contribution >= 0.6 is 15.9 Å². The molecule has 3 aliphatic rings. The highest BCUT2D eigenvalue weighted by molar-refractivity contribution is 9.09. The van der Waals surface area contributed by atoms with Gasteiger partial charge in [0.15, 0.2) is 0 Å². The Kier molecular flexibility index (Phi) is 13.7. The number of aliphatic hydroxyl groups excluding tert-OH is 1. The maximum absolute atomic E-state index is 15.0. The average Bonchev–Trinajstić information content (AvgIpc) is 3.76. The molecule has 286 valence electrons. The zero-order valence-electron chi connectivity index (χ0n) is 30.8. The molecule has 0 aliphatic carbocycles. The standard InChI is InChI=1S/C41H52BrN3O8/c1-6-9-21-32(47)43-30(25-51-5)35(28-19-14-11-15-20-28)52-40(50)33-34-38(48)45(31(24-46)27-17-12-10-13-18-27)37(41(34)23-29(42)36(33)53-41)39(49)44(22-8-3)26(4)16-7-2/h6,8,10-15,17-20,26,29-31,33-37,46H,1,3,7,9,16,21-25H2,2,4-5H3,(H,43,47)/t26?,29?,30-,31+,33-,34+,35-,36-,37-,41+/m0/s1. The molecule has 5 rings (SSSR count). The highest BCUT2D eigenvalue weighted by Crippen LogP contribution is 2.61. The first-order chi connectivity index (χ1) is 25.6. The smallest absolute Gasteiger partial charge is 0.313 e. The van der Waals surface area contributed by atoms with Crippen LogP contribution in [0.25, 0.3) is 0 Å². The van der Waals surface area contributed by atoms with Crippen LogP contribution in [0.1, 0.15) is 69.2 Å². The van der Waals surface area contributed by atoms with Gasteiger partial charge in [0.2, 0.25) is 17.7 Å². The third-order valence-electron chi connectivity index (χ3n) is 10.8. The van der Waals surface area contributed by atoms with E-state index in [4.69, 9.17) is 14.2 Å². The van der Waals surface area contributed by atoms with Crippen molar-refractivity contribution in [2.45, 2.75) is 92.8 Å². The van der Waals surface area contributed by atoms with Gasteiger partial charge in [-0.2, -0.15) is 0 Å². The van der Waals surface area contributed by atoms with Crippen LogP contribution in [0.15, 0.2) is 86.0 Å². The Hall–Kier alpha value is -3.84. The fourth-order valence-corrected chi connectivity index (χ4v) is 9.41. The first-order valence-electron chi connectivity index (χ1n) is 18.4. The van der Waals surface area contributed by atoms with Crippen molar-refractivity contribution in [3.05, 3.63) is 97.1 Å². The largest absolute Gasteiger partial charge is 0.455 e. The molecule has 0 aromatic heterocycles. The predicted molar refractivity (Wildman–Crippen MR) is 204 cm³/mol. The van der Waals surface area contributed by atoms with E-state index >= 15 is 9.59 Å². The van der Waals surface area contributed by atoms with E-state index in [2.05, 4.69) is 34.4 Å². The van der Waals surface area contributed by atoms with Crippen molar-refractivity contribution < 1.29 is 38.5 Å². The summed E-state index contributed by atoms with van der Waals surface area (Å²) in [6, 6.07) is 15.2. The SMILES string of the molecule is C=CCCC(=O)N[C@@H](COC)[C@@H](OC(=O)[C@@H]1[C@H]2O[C@@]3(CC2Br)[C@H](C(=O)N(CC=C)C(C)CCC)N([C@H](CO)c2ccccc2)C(=O)[C@@H]13)c1ccccc1. The number of alkyl halides is 1. The molecule has 3 fully saturated rings. The number of carbonyl (C=O) groups is 4. The van der Waals surface area contributed by atoms with Crippen LogP contribution < -0.4 is 5.32 Å². The number of ether oxygens (including phenoxy) is 3. The number of hydrogen-bond donors (Lipinski definition) is 2. The average molecular weight is 795 g/mol. The summed E-state index contributed by atoms with van der Waals surface area (Å²) in [4.78, 5) is 60.5. The van der Waals surface area contributed by atoms with Gasteiger partial charge in [-0.1, -0.05) is 102 Å². The van der Waals surface area contributed by atoms with Crippen LogP contribution in [0.4, 0.5) is 0 Å². The number of aliphatic hydroxyl groups is 1. The van der Waals surface area contributed by atoms with E-state index < -0.39 is 66.3 Å². The topological polar surface area (TPSA) is 135 Å². The summed E-state index contributed by atoms with van der Waals surface area (Å²) in [6.45, 7) is 11.5. The molecule has 10 atom stereocenters. The number of rotatable bonds is 19. The molecule has 0 radical (unpaired) electrons. The quantitative estimate of drug-likeness (QED) is 0.115. The van der Waals surface area contributed by atoms with Crippen LogP contribution in [0.2, 0.25) is 0 Å². The van der Waals surface area contributed by atoms with Crippen LogP contribution in [0.3, 0.4) is 0 Å². The lowest BCUT2D eigenvalue weighted by Gasteiger charge is -2.41. The van der Waals surface area contributed by atoms with Gasteiger partial charge < -0.3 is 34.4 Å². The summed E-state index contributed by atoms with van der Waals surface area (Å²) in [5, 5.41) is 13.9. The predicted octanol–water partition coefficient (Wildman–Crippen LogP) is 5.05. The third-order valence-corrected chi connectivity index (χ3v) is 11.6. The maximum atomic E-state index is 15.0. The number of allylic oxidation sites excluding steroid dienone is 1. The zero-order valence-corrected chi connectivity index (χ0v) is 32.4. The maximum Gasteiger partial charge on any atom is 0.313 e. The van der Waals surface area contributed by atoms with E-state index in [0.29, 0.717) is 17.5 Å². The number of fused-ring (bicyclic) bond motifs is 1. The number of benzene rings is 2. The summed E-state index contributed by atoms with van der Waals surface area (Å²) < 4.78 is 18.7. The van der Waals surface area contributed by atoms with Crippen molar-refractivity contribution in [3.63, 3.8) is 0 Å². The number of methoxy groups -OCH3 is 1. The van der Waals surface area contributed by atoms with Gasteiger partial charge in [0, 0.05) is 30.9 Å². The highest BCUT2D eigenvalue weighted by Gasteiger charge is 2.78. The van der Waals surface area contributed by atoms with Gasteiger partial charge in [-0.25, -0.2) is 0 Å². The number of likely N-dealkylation sites (tertiary alicyclic amines) is 1. The van der Waals surface area contributed by atoms with Crippen LogP contribution in [0.5, 0.6) is 0 Å². The molecular formula is C41H52BrN3O8. The summed E-state index contributed by atoms with van der Waals surface area (Å²) >= 11 is 3.76. The molecule has 12 heteroatoms. The number of nitrogens with one attached hydrogen (secondary N) is 1. The Balaban J connectivity index is 1.58. The lowest BCUT2D eigenvalue weighted by molar-refractivity contribution is -0.163. The van der Waals surface area contributed by atoms with Gasteiger partial charge in [0.1, 0.15) is 17.7 Å². The van der Waals surface area contributed by atoms with E-state index in [1.807, 2.05) is 62.4 Å². The summed E-state index contributed by atoms with van der Waals surface area (Å²) in [5.74, 6) is -3.90. The monoisotopic (exact) mass is 793 g/mol. The second-order valence-electron chi connectivity index (χ2n) is 14.2. The Morgan fingerprint density at radius 3 is 2.36 bits per heavy atom. The minimum atomic E-state index is -1.39. The van der Waals surface area contributed by atoms with E-state index in [0.717, 1.165) is 12.8 Å². The summed E-state index contributed by atoms with van der Waals surface area (Å²) in [5.41, 5.74) is -0.114. The van der Waals surface area contributed by atoms with Gasteiger partial charge >= 0.3 is 5.97 Å². The van der Waals surface area contributed by atoms with E-state index in [1.165, 1.54) is 12.0 Å². The normalized spacial score (nSPS) is 26.6. The van der Waals surface area contributed by atoms with Gasteiger partial charge in [-0.15, -0.1) is 13.2 Å². The van der Waals surface area contributed by atoms with Crippen molar-refractivity contribution in [1.29, 1.82) is 0 Å². The fraction of sp³-hybridized carbons (Fsp3) is 0.512. The minimum absolute atomic E-state index is 0.0410. The van der Waals surface area contributed by atoms with Gasteiger partial charge in [-0.3, -0.25) is 19.2 Å². The van der Waals surface area contributed by atoms with E-state index in [-0.39, 0.29) is 48.7 Å². The molecule has 2 aromatic carbocycles. The number of hydrogen-bond acceptors (Lipinski definition) is 8. The molecule has 2 N–H and O–H groups in total. The van der Waals surface area contributed by atoms with Gasteiger partial charge in [0.25, 0.3) is 0 Å². The molecule has 2 unspecified atom stereocenters. The number of nitrogens with zero attached hydrogens (tertiary/aromatic N) is 2. The first kappa shape index (κ1) is 40.3. The molecule has 3 saturated heterocycles. The van der Waals surface area contributed by atoms with Crippen LogP contribution in [0, 0.1) is 11.8 Å². The van der Waals surface area contributed by atoms with Crippen molar-refractivity contribution in [2.24, 2.45) is 11.8 Å². The molecule has 53 heavy (non-hydrogen) atoms. The molecule has 2 aromatic rings. The molecule has 0 saturated carbocycles. The Bertz CT molecular complexity index is 1610. The Labute approximate surface area is 320 Å². The summed E-state index contributed by atoms with van der Waals surface area (Å²) in [6.07, 6.45) is 4.08. The van der Waals surface area contributed by atoms with Crippen molar-refractivity contribution >= 4 is 39.6 Å². The Morgan fingerprint density at radius 1 is 1.11 bits per heavy atom. The summed E-state index contributed by atoms with van der Waals surface area (Å²) in [7, 11) is 1.50. The van der Waals surface area contributed by atoms with E-state index in [9.17, 15) is 14.7 Å². The number of esters is 1. The molecule has 2 bridgehead atoms.